The van der Waals surface area contributed by atoms with Crippen molar-refractivity contribution < 1.29 is 0 Å². The third-order valence-corrected chi connectivity index (χ3v) is 4.23. The number of nitrogens with one attached hydrogen (secondary N) is 1. The third kappa shape index (κ3) is 3.48. The summed E-state index contributed by atoms with van der Waals surface area (Å²) in [5.41, 5.74) is 8.51. The molecule has 1 N–H and O–H groups in total. The lowest BCUT2D eigenvalue weighted by Crippen LogP contribution is -1.97. The van der Waals surface area contributed by atoms with Crippen molar-refractivity contribution >= 4 is 34.8 Å². The molecule has 120 valence electrons. The highest BCUT2D eigenvalue weighted by molar-refractivity contribution is 5.87. The average Bonchev–Trinajstić information content (AvgIpc) is 2.44. The Balaban J connectivity index is 0.00000192. The smallest absolute Gasteiger partial charge is 0.131 e. The molecule has 0 saturated carbocycles. The standard InChI is InChI=1S/C20H22N2.ClH/c1-12-8-16(5)20-18(9-12)15(4)11-19(22-20)21-17-7-6-13(2)14(3)10-17;/h6-11H,1-5H3,(H,21,22);1H. The summed E-state index contributed by atoms with van der Waals surface area (Å²) in [4.78, 5) is 4.81. The number of aryl methyl sites for hydroxylation is 5. The molecule has 0 aliphatic carbocycles. The lowest BCUT2D eigenvalue weighted by molar-refractivity contribution is 1.29. The summed E-state index contributed by atoms with van der Waals surface area (Å²) in [6, 6.07) is 12.9. The van der Waals surface area contributed by atoms with Gasteiger partial charge in [-0.3, -0.25) is 0 Å². The van der Waals surface area contributed by atoms with Crippen LogP contribution in [0.4, 0.5) is 11.5 Å². The first-order valence-electron chi connectivity index (χ1n) is 7.67. The van der Waals surface area contributed by atoms with Gasteiger partial charge in [-0.05, 0) is 81.1 Å². The summed E-state index contributed by atoms with van der Waals surface area (Å²) in [6.07, 6.45) is 0. The number of nitrogens with zero attached hydrogens (tertiary/aromatic N) is 1. The normalized spacial score (nSPS) is 10.5. The molecule has 0 bridgehead atoms. The SMILES string of the molecule is Cc1cc(C)c2nc(Nc3ccc(C)c(C)c3)cc(C)c2c1.Cl. The molecule has 2 aromatic carbocycles. The van der Waals surface area contributed by atoms with Crippen molar-refractivity contribution in [2.75, 3.05) is 5.32 Å². The van der Waals surface area contributed by atoms with E-state index in [1.165, 1.54) is 33.2 Å². The Morgan fingerprint density at radius 3 is 2.17 bits per heavy atom. The topological polar surface area (TPSA) is 24.9 Å². The molecule has 0 spiro atoms. The third-order valence-electron chi connectivity index (χ3n) is 4.23. The maximum Gasteiger partial charge on any atom is 0.131 e. The van der Waals surface area contributed by atoms with Crippen LogP contribution in [0.1, 0.15) is 27.8 Å². The summed E-state index contributed by atoms with van der Waals surface area (Å²) >= 11 is 0. The van der Waals surface area contributed by atoms with Crippen LogP contribution in [-0.4, -0.2) is 4.98 Å². The Morgan fingerprint density at radius 1 is 0.739 bits per heavy atom. The van der Waals surface area contributed by atoms with Gasteiger partial charge in [0, 0.05) is 11.1 Å². The van der Waals surface area contributed by atoms with Gasteiger partial charge in [-0.25, -0.2) is 4.98 Å². The number of rotatable bonds is 2. The van der Waals surface area contributed by atoms with Gasteiger partial charge in [0.25, 0.3) is 0 Å². The van der Waals surface area contributed by atoms with Crippen LogP contribution in [0.5, 0.6) is 0 Å². The van der Waals surface area contributed by atoms with Crippen molar-refractivity contribution in [3.8, 4) is 0 Å². The predicted octanol–water partition coefficient (Wildman–Crippen LogP) is 5.94. The van der Waals surface area contributed by atoms with E-state index in [-0.39, 0.29) is 12.4 Å². The highest BCUT2D eigenvalue weighted by atomic mass is 35.5. The molecule has 3 heteroatoms. The van der Waals surface area contributed by atoms with Crippen LogP contribution in [-0.2, 0) is 0 Å². The summed E-state index contributed by atoms with van der Waals surface area (Å²) in [5, 5.41) is 4.67. The highest BCUT2D eigenvalue weighted by Gasteiger charge is 2.07. The number of hydrogen-bond donors (Lipinski definition) is 1. The molecule has 0 saturated heterocycles. The molecule has 2 nitrogen and oxygen atoms in total. The van der Waals surface area contributed by atoms with E-state index >= 15 is 0 Å². The summed E-state index contributed by atoms with van der Waals surface area (Å²) in [7, 11) is 0. The maximum atomic E-state index is 4.81. The van der Waals surface area contributed by atoms with Crippen molar-refractivity contribution in [3.05, 3.63) is 64.2 Å². The Labute approximate surface area is 144 Å². The van der Waals surface area contributed by atoms with Crippen LogP contribution in [0.3, 0.4) is 0 Å². The number of fused-ring (bicyclic) bond motifs is 1. The summed E-state index contributed by atoms with van der Waals surface area (Å²) < 4.78 is 0. The Hall–Kier alpha value is -2.06. The van der Waals surface area contributed by atoms with Gasteiger partial charge in [0.05, 0.1) is 5.52 Å². The van der Waals surface area contributed by atoms with Crippen molar-refractivity contribution in [2.24, 2.45) is 0 Å². The summed E-state index contributed by atoms with van der Waals surface area (Å²) in [5.74, 6) is 0.903. The van der Waals surface area contributed by atoms with E-state index < -0.39 is 0 Å². The van der Waals surface area contributed by atoms with Gasteiger partial charge < -0.3 is 5.32 Å². The van der Waals surface area contributed by atoms with Crippen LogP contribution in [0.2, 0.25) is 0 Å². The van der Waals surface area contributed by atoms with Gasteiger partial charge in [0.15, 0.2) is 0 Å². The quantitative estimate of drug-likeness (QED) is 0.630. The first-order valence-corrected chi connectivity index (χ1v) is 7.67. The minimum atomic E-state index is 0. The first-order chi connectivity index (χ1) is 10.4. The molecule has 0 radical (unpaired) electrons. The molecular formula is C20H23ClN2. The zero-order valence-electron chi connectivity index (χ0n) is 14.3. The molecule has 3 rings (SSSR count). The molecule has 0 atom stereocenters. The van der Waals surface area contributed by atoms with Crippen molar-refractivity contribution in [1.29, 1.82) is 0 Å². The Bertz CT molecular complexity index is 869. The number of benzene rings is 2. The van der Waals surface area contributed by atoms with Crippen LogP contribution in [0.25, 0.3) is 10.9 Å². The molecule has 1 aromatic heterocycles. The van der Waals surface area contributed by atoms with E-state index in [1.807, 2.05) is 0 Å². The van der Waals surface area contributed by atoms with Gasteiger partial charge >= 0.3 is 0 Å². The van der Waals surface area contributed by atoms with E-state index in [0.717, 1.165) is 17.0 Å². The molecule has 23 heavy (non-hydrogen) atoms. The first kappa shape index (κ1) is 17.3. The lowest BCUT2D eigenvalue weighted by Gasteiger charge is -2.12. The molecular weight excluding hydrogens is 304 g/mol. The average molecular weight is 327 g/mol. The zero-order valence-corrected chi connectivity index (χ0v) is 15.1. The van der Waals surface area contributed by atoms with E-state index in [0.29, 0.717) is 0 Å². The fourth-order valence-electron chi connectivity index (χ4n) is 2.88. The van der Waals surface area contributed by atoms with E-state index in [4.69, 9.17) is 4.98 Å². The number of hydrogen-bond acceptors (Lipinski definition) is 2. The molecule has 0 aliphatic heterocycles. The van der Waals surface area contributed by atoms with Gasteiger partial charge in [-0.15, -0.1) is 12.4 Å². The van der Waals surface area contributed by atoms with E-state index in [2.05, 4.69) is 76.3 Å². The molecule has 0 aliphatic rings. The van der Waals surface area contributed by atoms with Crippen LogP contribution in [0.15, 0.2) is 36.4 Å². The number of halogens is 1. The van der Waals surface area contributed by atoms with Crippen LogP contribution < -0.4 is 5.32 Å². The molecule has 0 amide bonds. The van der Waals surface area contributed by atoms with Gasteiger partial charge in [-0.2, -0.15) is 0 Å². The van der Waals surface area contributed by atoms with Crippen molar-refractivity contribution in [3.63, 3.8) is 0 Å². The molecule has 1 heterocycles. The number of pyridine rings is 1. The Morgan fingerprint density at radius 2 is 1.48 bits per heavy atom. The highest BCUT2D eigenvalue weighted by Crippen LogP contribution is 2.26. The Kier molecular flexibility index (Phi) is 4.96. The van der Waals surface area contributed by atoms with Crippen molar-refractivity contribution in [2.45, 2.75) is 34.6 Å². The maximum absolute atomic E-state index is 4.81. The van der Waals surface area contributed by atoms with Crippen molar-refractivity contribution in [1.82, 2.24) is 4.98 Å². The largest absolute Gasteiger partial charge is 0.340 e. The molecule has 0 unspecified atom stereocenters. The molecule has 0 fully saturated rings. The monoisotopic (exact) mass is 326 g/mol. The lowest BCUT2D eigenvalue weighted by atomic mass is 10.0. The minimum absolute atomic E-state index is 0. The second-order valence-electron chi connectivity index (χ2n) is 6.23. The van der Waals surface area contributed by atoms with Crippen LogP contribution >= 0.6 is 12.4 Å². The van der Waals surface area contributed by atoms with E-state index in [9.17, 15) is 0 Å². The number of aromatic nitrogens is 1. The predicted molar refractivity (Wildman–Crippen MR) is 102 cm³/mol. The van der Waals surface area contributed by atoms with Gasteiger partial charge in [0.1, 0.15) is 5.82 Å². The number of anilines is 2. The minimum Gasteiger partial charge on any atom is -0.340 e. The van der Waals surface area contributed by atoms with Gasteiger partial charge in [0.2, 0.25) is 0 Å². The summed E-state index contributed by atoms with van der Waals surface area (Å²) in [6.45, 7) is 10.7. The molecule has 3 aromatic rings. The second-order valence-corrected chi connectivity index (χ2v) is 6.23. The van der Waals surface area contributed by atoms with Gasteiger partial charge in [-0.1, -0.05) is 17.7 Å². The fourth-order valence-corrected chi connectivity index (χ4v) is 2.88. The van der Waals surface area contributed by atoms with E-state index in [1.54, 1.807) is 0 Å². The zero-order chi connectivity index (χ0) is 15.9. The fraction of sp³-hybridized carbons (Fsp3) is 0.250. The van der Waals surface area contributed by atoms with Crippen LogP contribution in [0, 0.1) is 34.6 Å². The second kappa shape index (κ2) is 6.59.